The highest BCUT2D eigenvalue weighted by Crippen LogP contribution is 2.30. The minimum Gasteiger partial charge on any atom is -0.483 e. The average molecular weight is 427 g/mol. The Balaban J connectivity index is 1.62. The van der Waals surface area contributed by atoms with E-state index in [9.17, 15) is 14.4 Å². The number of ether oxygens (including phenoxy) is 2. The van der Waals surface area contributed by atoms with Gasteiger partial charge in [0.25, 0.3) is 17.1 Å². The van der Waals surface area contributed by atoms with E-state index in [2.05, 4.69) is 21.2 Å². The molecule has 0 bridgehead atoms. The third kappa shape index (κ3) is 4.62. The van der Waals surface area contributed by atoms with E-state index in [0.717, 1.165) is 17.3 Å². The molecule has 0 atom stereocenters. The summed E-state index contributed by atoms with van der Waals surface area (Å²) in [5, 5.41) is 1.83. The van der Waals surface area contributed by atoms with Crippen molar-refractivity contribution in [3.8, 4) is 5.75 Å². The average Bonchev–Trinajstić information content (AvgIpc) is 2.92. The molecule has 9 heteroatoms. The molecule has 2 aliphatic heterocycles. The molecule has 132 valence electrons. The Kier molecular flexibility index (Phi) is 5.77. The summed E-state index contributed by atoms with van der Waals surface area (Å²) in [6, 6.07) is 5.23. The van der Waals surface area contributed by atoms with E-state index in [0.29, 0.717) is 41.4 Å². The second-order valence-corrected chi connectivity index (χ2v) is 7.19. The lowest BCUT2D eigenvalue weighted by atomic mass is 10.2. The van der Waals surface area contributed by atoms with Gasteiger partial charge in [-0.1, -0.05) is 6.07 Å². The molecular weight excluding hydrogens is 412 g/mol. The van der Waals surface area contributed by atoms with Crippen molar-refractivity contribution in [3.63, 3.8) is 0 Å². The second kappa shape index (κ2) is 8.03. The van der Waals surface area contributed by atoms with E-state index in [1.54, 1.807) is 29.2 Å². The first kappa shape index (κ1) is 18.0. The van der Waals surface area contributed by atoms with Gasteiger partial charge >= 0.3 is 0 Å². The van der Waals surface area contributed by atoms with Crippen LogP contribution in [0.5, 0.6) is 5.75 Å². The molecule has 7 nitrogen and oxygen atoms in total. The van der Waals surface area contributed by atoms with Crippen molar-refractivity contribution in [2.75, 3.05) is 32.9 Å². The third-order valence-corrected chi connectivity index (χ3v) is 5.04. The van der Waals surface area contributed by atoms with E-state index in [-0.39, 0.29) is 17.8 Å². The van der Waals surface area contributed by atoms with Gasteiger partial charge < -0.3 is 14.4 Å². The molecule has 1 N–H and O–H groups in total. The maximum absolute atomic E-state index is 12.1. The Morgan fingerprint density at radius 3 is 2.76 bits per heavy atom. The number of halogens is 1. The zero-order valence-corrected chi connectivity index (χ0v) is 15.5. The van der Waals surface area contributed by atoms with E-state index in [1.165, 1.54) is 0 Å². The van der Waals surface area contributed by atoms with Gasteiger partial charge in [0.05, 0.1) is 22.6 Å². The van der Waals surface area contributed by atoms with Gasteiger partial charge in [0.1, 0.15) is 5.75 Å². The summed E-state index contributed by atoms with van der Waals surface area (Å²) in [6.07, 6.45) is 1.62. The number of hydrogen-bond donors (Lipinski definition) is 1. The topological polar surface area (TPSA) is 84.9 Å². The molecule has 1 aromatic carbocycles. The summed E-state index contributed by atoms with van der Waals surface area (Å²) in [5.74, 6) is 0.0462. The molecule has 2 aliphatic rings. The first-order chi connectivity index (χ1) is 12.0. The molecule has 3 rings (SSSR count). The molecule has 1 aromatic rings. The van der Waals surface area contributed by atoms with Gasteiger partial charge in [0.15, 0.2) is 6.61 Å². The zero-order chi connectivity index (χ0) is 17.8. The van der Waals surface area contributed by atoms with E-state index >= 15 is 0 Å². The number of imide groups is 1. The van der Waals surface area contributed by atoms with Crippen LogP contribution in [0.3, 0.4) is 0 Å². The third-order valence-electron chi connectivity index (χ3n) is 3.61. The van der Waals surface area contributed by atoms with Crippen LogP contribution in [0.25, 0.3) is 6.08 Å². The van der Waals surface area contributed by atoms with Gasteiger partial charge in [-0.15, -0.1) is 0 Å². The van der Waals surface area contributed by atoms with Crippen LogP contribution < -0.4 is 10.1 Å². The van der Waals surface area contributed by atoms with Crippen molar-refractivity contribution < 1.29 is 23.9 Å². The van der Waals surface area contributed by atoms with Crippen molar-refractivity contribution in [2.45, 2.75) is 0 Å². The normalized spacial score (nSPS) is 19.2. The van der Waals surface area contributed by atoms with Crippen molar-refractivity contribution in [1.29, 1.82) is 0 Å². The number of rotatable bonds is 4. The monoisotopic (exact) mass is 426 g/mol. The largest absolute Gasteiger partial charge is 0.483 e. The van der Waals surface area contributed by atoms with Crippen LogP contribution in [0, 0.1) is 0 Å². The fourth-order valence-electron chi connectivity index (χ4n) is 2.34. The maximum atomic E-state index is 12.1. The number of thioether (sulfide) groups is 1. The fraction of sp³-hybridized carbons (Fsp3) is 0.312. The summed E-state index contributed by atoms with van der Waals surface area (Å²) in [6.45, 7) is 2.20. The van der Waals surface area contributed by atoms with Crippen LogP contribution in [0.15, 0.2) is 27.6 Å². The molecule has 0 aliphatic carbocycles. The van der Waals surface area contributed by atoms with Gasteiger partial charge in [-0.3, -0.25) is 19.7 Å². The number of hydrogen-bond acceptors (Lipinski definition) is 6. The molecule has 0 spiro atoms. The Morgan fingerprint density at radius 2 is 2.12 bits per heavy atom. The van der Waals surface area contributed by atoms with Gasteiger partial charge in [-0.2, -0.15) is 0 Å². The Hall–Kier alpha value is -1.84. The Bertz CT molecular complexity index is 746. The van der Waals surface area contributed by atoms with E-state index in [4.69, 9.17) is 9.47 Å². The molecule has 25 heavy (non-hydrogen) atoms. The standard InChI is InChI=1S/C16H15BrN2O5S/c17-11-7-10(8-13-15(21)18-16(22)25-13)1-2-12(11)24-9-14(20)19-3-5-23-6-4-19/h1-2,7-8H,3-6,9H2,(H,18,21,22)/b13-8+. The number of carbonyl (C=O) groups is 3. The smallest absolute Gasteiger partial charge is 0.290 e. The Morgan fingerprint density at radius 1 is 1.36 bits per heavy atom. The SMILES string of the molecule is O=C1NC(=O)/C(=C\c2ccc(OCC(=O)N3CCOCC3)c(Br)c2)S1. The van der Waals surface area contributed by atoms with Crippen molar-refractivity contribution in [3.05, 3.63) is 33.1 Å². The Labute approximate surface area is 156 Å². The van der Waals surface area contributed by atoms with Crippen LogP contribution in [0.4, 0.5) is 4.79 Å². The predicted octanol–water partition coefficient (Wildman–Crippen LogP) is 2.01. The predicted molar refractivity (Wildman–Crippen MR) is 96.1 cm³/mol. The highest BCUT2D eigenvalue weighted by molar-refractivity contribution is 9.10. The number of carbonyl (C=O) groups excluding carboxylic acids is 3. The summed E-state index contributed by atoms with van der Waals surface area (Å²) in [7, 11) is 0. The van der Waals surface area contributed by atoms with Gasteiger partial charge in [0, 0.05) is 13.1 Å². The molecular formula is C16H15BrN2O5S. The summed E-state index contributed by atoms with van der Waals surface area (Å²) >= 11 is 4.26. The highest BCUT2D eigenvalue weighted by Gasteiger charge is 2.25. The molecule has 2 saturated heterocycles. The summed E-state index contributed by atoms with van der Waals surface area (Å²) in [5.41, 5.74) is 0.742. The van der Waals surface area contributed by atoms with E-state index in [1.807, 2.05) is 0 Å². The van der Waals surface area contributed by atoms with E-state index < -0.39 is 5.91 Å². The number of nitrogens with one attached hydrogen (secondary N) is 1. The van der Waals surface area contributed by atoms with Gasteiger partial charge in [-0.05, 0) is 51.5 Å². The summed E-state index contributed by atoms with van der Waals surface area (Å²) < 4.78 is 11.5. The fourth-order valence-corrected chi connectivity index (χ4v) is 3.53. The molecule has 2 fully saturated rings. The molecule has 3 amide bonds. The van der Waals surface area contributed by atoms with Crippen molar-refractivity contribution >= 4 is 50.8 Å². The number of morpholine rings is 1. The minimum atomic E-state index is -0.400. The lowest BCUT2D eigenvalue weighted by Gasteiger charge is -2.26. The zero-order valence-electron chi connectivity index (χ0n) is 13.1. The van der Waals surface area contributed by atoms with Crippen molar-refractivity contribution in [1.82, 2.24) is 10.2 Å². The molecule has 0 unspecified atom stereocenters. The highest BCUT2D eigenvalue weighted by atomic mass is 79.9. The lowest BCUT2D eigenvalue weighted by Crippen LogP contribution is -2.43. The molecule has 2 heterocycles. The lowest BCUT2D eigenvalue weighted by molar-refractivity contribution is -0.137. The second-order valence-electron chi connectivity index (χ2n) is 5.32. The van der Waals surface area contributed by atoms with Crippen LogP contribution in [0.2, 0.25) is 0 Å². The number of amides is 3. The van der Waals surface area contributed by atoms with Crippen LogP contribution in [-0.4, -0.2) is 54.9 Å². The van der Waals surface area contributed by atoms with Gasteiger partial charge in [-0.25, -0.2) is 0 Å². The van der Waals surface area contributed by atoms with Crippen LogP contribution >= 0.6 is 27.7 Å². The summed E-state index contributed by atoms with van der Waals surface area (Å²) in [4.78, 5) is 36.9. The first-order valence-corrected chi connectivity index (χ1v) is 9.16. The minimum absolute atomic E-state index is 0.0498. The molecule has 0 saturated carbocycles. The number of benzene rings is 1. The van der Waals surface area contributed by atoms with Crippen molar-refractivity contribution in [2.24, 2.45) is 0 Å². The van der Waals surface area contributed by atoms with Crippen LogP contribution in [0.1, 0.15) is 5.56 Å². The van der Waals surface area contributed by atoms with Crippen LogP contribution in [-0.2, 0) is 14.3 Å². The van der Waals surface area contributed by atoms with Gasteiger partial charge in [0.2, 0.25) is 0 Å². The quantitative estimate of drug-likeness (QED) is 0.741. The maximum Gasteiger partial charge on any atom is 0.290 e. The number of nitrogens with zero attached hydrogens (tertiary/aromatic N) is 1. The first-order valence-electron chi connectivity index (χ1n) is 7.55. The molecule has 0 radical (unpaired) electrons. The molecule has 0 aromatic heterocycles.